The number of nitrogens with one attached hydrogen (secondary N) is 2. The highest BCUT2D eigenvalue weighted by molar-refractivity contribution is 6.33. The van der Waals surface area contributed by atoms with Crippen molar-refractivity contribution in [3.63, 3.8) is 0 Å². The van der Waals surface area contributed by atoms with Crippen LogP contribution in [-0.2, 0) is 4.79 Å². The highest BCUT2D eigenvalue weighted by atomic mass is 35.5. The summed E-state index contributed by atoms with van der Waals surface area (Å²) in [7, 11) is 0. The molecule has 0 heterocycles. The van der Waals surface area contributed by atoms with E-state index in [4.69, 9.17) is 11.6 Å². The Kier molecular flexibility index (Phi) is 5.46. The SMILES string of the molecule is CC(NCC(=O)Nc1ccc(F)cc1Cl)c1ccccc1F. The molecule has 2 rings (SSSR count). The van der Waals surface area contributed by atoms with Crippen LogP contribution in [0.4, 0.5) is 14.5 Å². The van der Waals surface area contributed by atoms with Crippen LogP contribution in [0.25, 0.3) is 0 Å². The lowest BCUT2D eigenvalue weighted by molar-refractivity contribution is -0.115. The molecule has 0 saturated carbocycles. The van der Waals surface area contributed by atoms with E-state index in [-0.39, 0.29) is 29.3 Å². The third kappa shape index (κ3) is 4.26. The number of carbonyl (C=O) groups is 1. The highest BCUT2D eigenvalue weighted by Crippen LogP contribution is 2.22. The van der Waals surface area contributed by atoms with Crippen molar-refractivity contribution < 1.29 is 13.6 Å². The Morgan fingerprint density at radius 2 is 1.95 bits per heavy atom. The van der Waals surface area contributed by atoms with Gasteiger partial charge in [-0.3, -0.25) is 4.79 Å². The van der Waals surface area contributed by atoms with Crippen molar-refractivity contribution in [2.45, 2.75) is 13.0 Å². The Labute approximate surface area is 132 Å². The van der Waals surface area contributed by atoms with Crippen molar-refractivity contribution in [1.82, 2.24) is 5.32 Å². The average molecular weight is 325 g/mol. The molecular weight excluding hydrogens is 310 g/mol. The van der Waals surface area contributed by atoms with E-state index >= 15 is 0 Å². The summed E-state index contributed by atoms with van der Waals surface area (Å²) in [4.78, 5) is 11.9. The molecule has 116 valence electrons. The fraction of sp³-hybridized carbons (Fsp3) is 0.188. The molecule has 0 aromatic heterocycles. The maximum absolute atomic E-state index is 13.6. The Bertz CT molecular complexity index is 679. The molecule has 2 aromatic rings. The van der Waals surface area contributed by atoms with Gasteiger partial charge in [-0.15, -0.1) is 0 Å². The van der Waals surface area contributed by atoms with Gasteiger partial charge in [0.15, 0.2) is 0 Å². The molecule has 6 heteroatoms. The molecule has 3 nitrogen and oxygen atoms in total. The molecule has 1 atom stereocenters. The topological polar surface area (TPSA) is 41.1 Å². The molecule has 2 N–H and O–H groups in total. The van der Waals surface area contributed by atoms with Crippen LogP contribution in [0.1, 0.15) is 18.5 Å². The normalized spacial score (nSPS) is 12.0. The third-order valence-corrected chi connectivity index (χ3v) is 3.46. The predicted octanol–water partition coefficient (Wildman–Crippen LogP) is 3.91. The molecule has 0 aliphatic heterocycles. The fourth-order valence-electron chi connectivity index (χ4n) is 1.97. The molecule has 0 fully saturated rings. The van der Waals surface area contributed by atoms with Gasteiger partial charge in [0.05, 0.1) is 17.3 Å². The summed E-state index contributed by atoms with van der Waals surface area (Å²) < 4.78 is 26.5. The van der Waals surface area contributed by atoms with E-state index < -0.39 is 5.82 Å². The largest absolute Gasteiger partial charge is 0.324 e. The second-order valence-electron chi connectivity index (χ2n) is 4.80. The molecular formula is C16H15ClF2N2O. The molecule has 0 aliphatic carbocycles. The summed E-state index contributed by atoms with van der Waals surface area (Å²) in [5, 5.41) is 5.61. The Hall–Kier alpha value is -1.98. The molecule has 0 spiro atoms. The van der Waals surface area contributed by atoms with Crippen LogP contribution in [0.2, 0.25) is 5.02 Å². The van der Waals surface area contributed by atoms with Gasteiger partial charge in [-0.1, -0.05) is 29.8 Å². The lowest BCUT2D eigenvalue weighted by Gasteiger charge is -2.15. The van der Waals surface area contributed by atoms with Crippen molar-refractivity contribution >= 4 is 23.2 Å². The molecule has 0 saturated heterocycles. The zero-order valence-electron chi connectivity index (χ0n) is 11.9. The first-order chi connectivity index (χ1) is 10.5. The number of rotatable bonds is 5. The molecule has 0 bridgehead atoms. The number of benzene rings is 2. The molecule has 1 amide bonds. The van der Waals surface area contributed by atoms with E-state index in [9.17, 15) is 13.6 Å². The predicted molar refractivity (Wildman–Crippen MR) is 82.9 cm³/mol. The summed E-state index contributed by atoms with van der Waals surface area (Å²) in [6, 6.07) is 9.74. The summed E-state index contributed by atoms with van der Waals surface area (Å²) >= 11 is 5.83. The van der Waals surface area contributed by atoms with Crippen molar-refractivity contribution in [2.24, 2.45) is 0 Å². The highest BCUT2D eigenvalue weighted by Gasteiger charge is 2.12. The second-order valence-corrected chi connectivity index (χ2v) is 5.20. The first-order valence-electron chi connectivity index (χ1n) is 6.70. The second kappa shape index (κ2) is 7.33. The summed E-state index contributed by atoms with van der Waals surface area (Å²) in [6.07, 6.45) is 0. The monoisotopic (exact) mass is 324 g/mol. The standard InChI is InChI=1S/C16H15ClF2N2O/c1-10(12-4-2-3-5-14(12)19)20-9-16(22)21-15-7-6-11(18)8-13(15)17/h2-8,10,20H,9H2,1H3,(H,21,22). The van der Waals surface area contributed by atoms with Crippen LogP contribution < -0.4 is 10.6 Å². The van der Waals surface area contributed by atoms with Crippen LogP contribution in [0.5, 0.6) is 0 Å². The van der Waals surface area contributed by atoms with Gasteiger partial charge in [-0.05, 0) is 31.2 Å². The van der Waals surface area contributed by atoms with Gasteiger partial charge in [-0.2, -0.15) is 0 Å². The molecule has 0 radical (unpaired) electrons. The zero-order valence-corrected chi connectivity index (χ0v) is 12.6. The van der Waals surface area contributed by atoms with E-state index in [1.54, 1.807) is 25.1 Å². The van der Waals surface area contributed by atoms with Crippen molar-refractivity contribution in [1.29, 1.82) is 0 Å². The number of anilines is 1. The van der Waals surface area contributed by atoms with E-state index in [1.165, 1.54) is 18.2 Å². The maximum Gasteiger partial charge on any atom is 0.238 e. The van der Waals surface area contributed by atoms with Crippen LogP contribution in [0.15, 0.2) is 42.5 Å². The minimum atomic E-state index is -0.478. The molecule has 1 unspecified atom stereocenters. The Morgan fingerprint density at radius 3 is 2.64 bits per heavy atom. The van der Waals surface area contributed by atoms with Gasteiger partial charge in [0.2, 0.25) is 5.91 Å². The van der Waals surface area contributed by atoms with Crippen LogP contribution >= 0.6 is 11.6 Å². The number of carbonyl (C=O) groups excluding carboxylic acids is 1. The smallest absolute Gasteiger partial charge is 0.238 e. The fourth-order valence-corrected chi connectivity index (χ4v) is 2.18. The first-order valence-corrected chi connectivity index (χ1v) is 7.08. The maximum atomic E-state index is 13.6. The zero-order chi connectivity index (χ0) is 16.1. The summed E-state index contributed by atoms with van der Waals surface area (Å²) in [6.45, 7) is 1.74. The average Bonchev–Trinajstić information content (AvgIpc) is 2.48. The van der Waals surface area contributed by atoms with Crippen LogP contribution in [-0.4, -0.2) is 12.5 Å². The van der Waals surface area contributed by atoms with Crippen LogP contribution in [0, 0.1) is 11.6 Å². The minimum Gasteiger partial charge on any atom is -0.324 e. The van der Waals surface area contributed by atoms with E-state index in [0.717, 1.165) is 6.07 Å². The van der Waals surface area contributed by atoms with Crippen molar-refractivity contribution in [3.8, 4) is 0 Å². The van der Waals surface area contributed by atoms with Gasteiger partial charge in [0, 0.05) is 11.6 Å². The van der Waals surface area contributed by atoms with Gasteiger partial charge in [-0.25, -0.2) is 8.78 Å². The van der Waals surface area contributed by atoms with E-state index in [1.807, 2.05) is 0 Å². The first kappa shape index (κ1) is 16.4. The number of hydrogen-bond acceptors (Lipinski definition) is 2. The van der Waals surface area contributed by atoms with Crippen molar-refractivity contribution in [2.75, 3.05) is 11.9 Å². The number of amides is 1. The van der Waals surface area contributed by atoms with Gasteiger partial charge in [0.1, 0.15) is 11.6 Å². The lowest BCUT2D eigenvalue weighted by Crippen LogP contribution is -2.30. The molecule has 2 aromatic carbocycles. The summed E-state index contributed by atoms with van der Waals surface area (Å²) in [5.74, 6) is -1.16. The van der Waals surface area contributed by atoms with Gasteiger partial charge < -0.3 is 10.6 Å². The van der Waals surface area contributed by atoms with Crippen molar-refractivity contribution in [3.05, 3.63) is 64.7 Å². The van der Waals surface area contributed by atoms with Crippen LogP contribution in [0.3, 0.4) is 0 Å². The minimum absolute atomic E-state index is 0.0246. The lowest BCUT2D eigenvalue weighted by atomic mass is 10.1. The number of halogens is 3. The third-order valence-electron chi connectivity index (χ3n) is 3.15. The Balaban J connectivity index is 1.91. The molecule has 22 heavy (non-hydrogen) atoms. The van der Waals surface area contributed by atoms with Gasteiger partial charge >= 0.3 is 0 Å². The van der Waals surface area contributed by atoms with E-state index in [2.05, 4.69) is 10.6 Å². The number of hydrogen-bond donors (Lipinski definition) is 2. The quantitative estimate of drug-likeness (QED) is 0.875. The Morgan fingerprint density at radius 1 is 1.23 bits per heavy atom. The molecule has 0 aliphatic rings. The van der Waals surface area contributed by atoms with E-state index in [0.29, 0.717) is 11.3 Å². The van der Waals surface area contributed by atoms with Gasteiger partial charge in [0.25, 0.3) is 0 Å². The summed E-state index contributed by atoms with van der Waals surface area (Å²) in [5.41, 5.74) is 0.809.